The molecule has 15 nitrogen and oxygen atoms in total. The normalized spacial score (nSPS) is 13.4. The summed E-state index contributed by atoms with van der Waals surface area (Å²) in [6.07, 6.45) is 14.9. The summed E-state index contributed by atoms with van der Waals surface area (Å²) in [7, 11) is 8.11. The van der Waals surface area contributed by atoms with Gasteiger partial charge >= 0.3 is 6.09 Å². The number of hydrogen-bond acceptors (Lipinski definition) is 12. The van der Waals surface area contributed by atoms with Crippen molar-refractivity contribution in [3.63, 3.8) is 0 Å². The van der Waals surface area contributed by atoms with Crippen LogP contribution in [0.5, 0.6) is 0 Å². The van der Waals surface area contributed by atoms with Gasteiger partial charge < -0.3 is 39.0 Å². The van der Waals surface area contributed by atoms with Crippen molar-refractivity contribution in [3.05, 3.63) is 108 Å². The number of pyridine rings is 2. The maximum atomic E-state index is 11.9. The molecule has 0 bridgehead atoms. The maximum Gasteiger partial charge on any atom is 0.411 e. The molecule has 0 atom stereocenters. The van der Waals surface area contributed by atoms with Crippen LogP contribution in [0.2, 0.25) is 0 Å². The molecular formula is C47H54N12O3. The number of imidazole rings is 2. The van der Waals surface area contributed by atoms with Gasteiger partial charge in [0.15, 0.2) is 6.61 Å². The third-order valence-electron chi connectivity index (χ3n) is 11.1. The molecule has 6 aromatic rings. The second-order valence-electron chi connectivity index (χ2n) is 14.9. The minimum absolute atomic E-state index is 0.219. The molecule has 0 saturated heterocycles. The lowest BCUT2D eigenvalue weighted by atomic mass is 9.96. The van der Waals surface area contributed by atoms with Crippen LogP contribution in [0, 0.1) is 22.7 Å². The molecular weight excluding hydrogens is 781 g/mol. The number of carbonyl (C=O) groups is 1. The summed E-state index contributed by atoms with van der Waals surface area (Å²) in [5.74, 6) is 1.80. The molecule has 2 aliphatic heterocycles. The number of hydrogen-bond donors (Lipinski definition) is 2. The van der Waals surface area contributed by atoms with Crippen LogP contribution in [0.15, 0.2) is 85.7 Å². The number of aryl methyl sites for hydroxylation is 4. The summed E-state index contributed by atoms with van der Waals surface area (Å²) in [5, 5.41) is 26.8. The number of amides is 1. The summed E-state index contributed by atoms with van der Waals surface area (Å²) in [4.78, 5) is 35.8. The van der Waals surface area contributed by atoms with Crippen molar-refractivity contribution in [2.45, 2.75) is 39.5 Å². The van der Waals surface area contributed by atoms with E-state index in [2.05, 4.69) is 117 Å². The fourth-order valence-corrected chi connectivity index (χ4v) is 7.61. The van der Waals surface area contributed by atoms with Gasteiger partial charge in [0, 0.05) is 71.3 Å². The lowest BCUT2D eigenvalue weighted by Gasteiger charge is -2.26. The zero-order chi connectivity index (χ0) is 44.2. The van der Waals surface area contributed by atoms with Crippen molar-refractivity contribution in [2.24, 2.45) is 14.1 Å². The number of aliphatic hydroxyl groups excluding tert-OH is 1. The third kappa shape index (κ3) is 10.3. The zero-order valence-electron chi connectivity index (χ0n) is 36.3. The van der Waals surface area contributed by atoms with E-state index >= 15 is 0 Å². The van der Waals surface area contributed by atoms with Crippen LogP contribution in [0.1, 0.15) is 48.9 Å². The molecule has 320 valence electrons. The molecule has 8 rings (SSSR count). The van der Waals surface area contributed by atoms with Gasteiger partial charge in [-0.15, -0.1) is 0 Å². The van der Waals surface area contributed by atoms with Crippen LogP contribution in [0.25, 0.3) is 33.2 Å². The topological polar surface area (TPSA) is 177 Å². The van der Waals surface area contributed by atoms with Crippen molar-refractivity contribution >= 4 is 62.3 Å². The van der Waals surface area contributed by atoms with Gasteiger partial charge in [-0.3, -0.25) is 0 Å². The molecule has 0 spiro atoms. The summed E-state index contributed by atoms with van der Waals surface area (Å²) >= 11 is 0. The van der Waals surface area contributed by atoms with Crippen LogP contribution in [0.3, 0.4) is 0 Å². The molecule has 0 radical (unpaired) electrons. The number of aliphatic hydroxyl groups is 1. The third-order valence-corrected chi connectivity index (χ3v) is 11.1. The maximum absolute atomic E-state index is 11.9. The Morgan fingerprint density at radius 1 is 0.790 bits per heavy atom. The van der Waals surface area contributed by atoms with Crippen LogP contribution in [-0.2, 0) is 31.7 Å². The smallest absolute Gasteiger partial charge is 0.411 e. The first-order valence-corrected chi connectivity index (χ1v) is 20.7. The Morgan fingerprint density at radius 3 is 1.76 bits per heavy atom. The Kier molecular flexibility index (Phi) is 15.0. The van der Waals surface area contributed by atoms with Crippen molar-refractivity contribution in [1.29, 1.82) is 10.5 Å². The van der Waals surface area contributed by atoms with E-state index in [0.717, 1.165) is 78.2 Å². The number of benzene rings is 2. The van der Waals surface area contributed by atoms with Crippen molar-refractivity contribution in [1.82, 2.24) is 39.3 Å². The number of anilines is 4. The highest BCUT2D eigenvalue weighted by atomic mass is 16.6. The average molecular weight is 835 g/mol. The van der Waals surface area contributed by atoms with E-state index in [1.807, 2.05) is 48.9 Å². The van der Waals surface area contributed by atoms with E-state index in [0.29, 0.717) is 13.1 Å². The summed E-state index contributed by atoms with van der Waals surface area (Å²) in [6, 6.07) is 20.8. The van der Waals surface area contributed by atoms with Crippen LogP contribution >= 0.6 is 0 Å². The molecule has 0 fully saturated rings. The number of carbonyl (C=O) groups excluding carboxylic acids is 1. The highest BCUT2D eigenvalue weighted by Gasteiger charge is 2.21. The summed E-state index contributed by atoms with van der Waals surface area (Å²) < 4.78 is 8.92. The van der Waals surface area contributed by atoms with Gasteiger partial charge in [0.1, 0.15) is 35.3 Å². The summed E-state index contributed by atoms with van der Waals surface area (Å²) in [6.45, 7) is 6.85. The number of nitriles is 2. The minimum atomic E-state index is -0.439. The van der Waals surface area contributed by atoms with E-state index in [-0.39, 0.29) is 13.2 Å². The van der Waals surface area contributed by atoms with Crippen LogP contribution in [-0.4, -0.2) is 98.7 Å². The van der Waals surface area contributed by atoms with E-state index in [1.54, 1.807) is 17.4 Å². The van der Waals surface area contributed by atoms with Crippen molar-refractivity contribution in [3.8, 4) is 12.1 Å². The van der Waals surface area contributed by atoms with Crippen LogP contribution in [0.4, 0.5) is 27.8 Å². The second kappa shape index (κ2) is 20.9. The molecule has 6 heterocycles. The molecule has 0 aliphatic carbocycles. The first-order chi connectivity index (χ1) is 30.1. The Morgan fingerprint density at radius 2 is 1.32 bits per heavy atom. The van der Waals surface area contributed by atoms with Gasteiger partial charge in [0.2, 0.25) is 0 Å². The lowest BCUT2D eigenvalue weighted by molar-refractivity contribution is 0.117. The predicted molar refractivity (Wildman–Crippen MR) is 244 cm³/mol. The van der Waals surface area contributed by atoms with E-state index in [9.17, 15) is 4.79 Å². The van der Waals surface area contributed by atoms with Gasteiger partial charge in [-0.1, -0.05) is 38.1 Å². The summed E-state index contributed by atoms with van der Waals surface area (Å²) in [5.41, 5.74) is 14.0. The van der Waals surface area contributed by atoms with Gasteiger partial charge in [-0.05, 0) is 89.9 Å². The number of nitrogens with zero attached hydrogens (tertiary/aromatic N) is 11. The molecule has 4 aromatic heterocycles. The Hall–Kier alpha value is -7.07. The fraction of sp³-hybridized carbons (Fsp3) is 0.340. The molecule has 0 saturated carbocycles. The average Bonchev–Trinajstić information content (AvgIpc) is 3.90. The largest absolute Gasteiger partial charge is 0.434 e. The van der Waals surface area contributed by atoms with Crippen molar-refractivity contribution in [2.75, 3.05) is 63.3 Å². The number of nitrogens with one attached hydrogen (secondary N) is 1. The fourth-order valence-electron chi connectivity index (χ4n) is 7.61. The molecule has 2 aliphatic rings. The lowest BCUT2D eigenvalue weighted by Crippen LogP contribution is -2.35. The van der Waals surface area contributed by atoms with Gasteiger partial charge in [-0.2, -0.15) is 10.5 Å². The van der Waals surface area contributed by atoms with E-state index in [4.69, 9.17) is 20.4 Å². The van der Waals surface area contributed by atoms with E-state index < -0.39 is 6.09 Å². The number of aromatic nitrogens is 6. The molecule has 15 heteroatoms. The number of fused-ring (bicyclic) bond motifs is 2. The number of rotatable bonds is 9. The highest BCUT2D eigenvalue weighted by molar-refractivity contribution is 5.81. The molecule has 1 amide bonds. The van der Waals surface area contributed by atoms with Crippen LogP contribution < -0.4 is 15.1 Å². The monoisotopic (exact) mass is 834 g/mol. The van der Waals surface area contributed by atoms with Gasteiger partial charge in [0.05, 0.1) is 42.2 Å². The molecule has 62 heavy (non-hydrogen) atoms. The molecule has 2 aromatic carbocycles. The first kappa shape index (κ1) is 44.5. The minimum Gasteiger partial charge on any atom is -0.434 e. The predicted octanol–water partition coefficient (Wildman–Crippen LogP) is 7.23. The Balaban J connectivity index is 0.000000194. The quantitative estimate of drug-likeness (QED) is 0.140. The van der Waals surface area contributed by atoms with E-state index in [1.165, 1.54) is 45.2 Å². The molecule has 0 unspecified atom stereocenters. The Bertz CT molecular complexity index is 2670. The molecule has 2 N–H and O–H groups in total. The Labute approximate surface area is 362 Å². The van der Waals surface area contributed by atoms with Gasteiger partial charge in [-0.25, -0.2) is 24.7 Å². The van der Waals surface area contributed by atoms with Crippen molar-refractivity contribution < 1.29 is 14.6 Å². The number of ether oxygens (including phenoxy) is 1. The zero-order valence-corrected chi connectivity index (χ0v) is 36.3. The standard InChI is InChI=1S/C24H26N6O2.C21H25N5.C2H3NO/c1-4-17-13-19(18-7-10-30(11-8-18)24(31)32-12-9-25)5-6-21(17)29(3)23-14-22-20(15-26-23)27-16-28(22)2;1-4-15-11-17(16-7-9-22-10-8-16)5-6-19(15)26(3)21-12-20-18(13-23-21)24-14-25(20)2;3-1-2-4/h5-7,13-16H,4,8,10-12H2,1-3H3;5-7,11-14,22H,4,8-10H2,1-3H3;4H,2H2. The SMILES string of the molecule is CCc1cc(C2=CCN(C(=O)OCC#N)CC2)ccc1N(C)c1cc2c(cn1)ncn2C.CCc1cc(C2=CCNCC2)ccc1N(C)c1cc2c(cn1)ncn2C.N#CCO. The first-order valence-electron chi connectivity index (χ1n) is 20.7. The second-order valence-corrected chi connectivity index (χ2v) is 14.9. The van der Waals surface area contributed by atoms with Gasteiger partial charge in [0.25, 0.3) is 0 Å². The highest BCUT2D eigenvalue weighted by Crippen LogP contribution is 2.33.